The maximum atomic E-state index is 11.9. The van der Waals surface area contributed by atoms with Gasteiger partial charge in [0.2, 0.25) is 5.91 Å². The summed E-state index contributed by atoms with van der Waals surface area (Å²) >= 11 is 6.18. The molecule has 2 unspecified atom stereocenters. The molecular weight excluding hydrogens is 352 g/mol. The van der Waals surface area contributed by atoms with Crippen molar-refractivity contribution in [2.24, 2.45) is 16.9 Å². The summed E-state index contributed by atoms with van der Waals surface area (Å²) in [6.07, 6.45) is 5.80. The molecule has 0 aromatic heterocycles. The van der Waals surface area contributed by atoms with Crippen LogP contribution in [0.1, 0.15) is 5.56 Å². The summed E-state index contributed by atoms with van der Waals surface area (Å²) in [5, 5.41) is 7.75. The number of halogens is 1. The Morgan fingerprint density at radius 1 is 1.27 bits per heavy atom. The number of rotatable bonds is 4. The number of para-hydroxylation sites is 1. The van der Waals surface area contributed by atoms with Crippen LogP contribution in [0.5, 0.6) is 0 Å². The van der Waals surface area contributed by atoms with E-state index >= 15 is 0 Å². The van der Waals surface area contributed by atoms with Crippen LogP contribution in [0.15, 0.2) is 53.3 Å². The topological polar surface area (TPSA) is 66.0 Å². The van der Waals surface area contributed by atoms with Gasteiger partial charge in [-0.15, -0.1) is 0 Å². The van der Waals surface area contributed by atoms with E-state index < -0.39 is 0 Å². The third-order valence-electron chi connectivity index (χ3n) is 4.91. The normalized spacial score (nSPS) is 25.1. The average Bonchev–Trinajstić information content (AvgIpc) is 2.70. The average molecular weight is 373 g/mol. The van der Waals surface area contributed by atoms with Crippen molar-refractivity contribution in [3.8, 4) is 0 Å². The third-order valence-corrected chi connectivity index (χ3v) is 5.24. The number of nitrogens with one attached hydrogen (secondary N) is 2. The van der Waals surface area contributed by atoms with Crippen LogP contribution in [-0.2, 0) is 16.1 Å². The fourth-order valence-corrected chi connectivity index (χ4v) is 3.73. The molecule has 1 aliphatic carbocycles. The number of hydrazone groups is 1. The van der Waals surface area contributed by atoms with E-state index in [4.69, 9.17) is 16.3 Å². The quantitative estimate of drug-likeness (QED) is 0.848. The Balaban J connectivity index is 1.47. The summed E-state index contributed by atoms with van der Waals surface area (Å²) in [6.45, 7) is 4.04. The van der Waals surface area contributed by atoms with Gasteiger partial charge in [0.15, 0.2) is 0 Å². The number of hydrogen-bond acceptors (Lipinski definition) is 5. The van der Waals surface area contributed by atoms with E-state index in [1.807, 2.05) is 18.2 Å². The summed E-state index contributed by atoms with van der Waals surface area (Å²) in [5.74, 6) is -0.609. The molecule has 0 spiro atoms. The van der Waals surface area contributed by atoms with E-state index in [-0.39, 0.29) is 17.7 Å². The summed E-state index contributed by atoms with van der Waals surface area (Å²) in [4.78, 5) is 14.2. The van der Waals surface area contributed by atoms with Gasteiger partial charge in [-0.3, -0.25) is 4.79 Å². The van der Waals surface area contributed by atoms with Gasteiger partial charge in [-0.25, -0.2) is 5.43 Å². The molecule has 2 N–H and O–H groups in total. The monoisotopic (exact) mass is 372 g/mol. The molecule has 136 valence electrons. The molecule has 3 aliphatic rings. The fraction of sp³-hybridized carbons (Fsp3) is 0.368. The first-order valence-electron chi connectivity index (χ1n) is 8.80. The van der Waals surface area contributed by atoms with Gasteiger partial charge >= 0.3 is 0 Å². The van der Waals surface area contributed by atoms with E-state index in [1.165, 1.54) is 11.3 Å². The number of anilines is 1. The van der Waals surface area contributed by atoms with Crippen LogP contribution in [0, 0.1) is 11.8 Å². The fourth-order valence-electron chi connectivity index (χ4n) is 3.49. The Bertz CT molecular complexity index is 783. The maximum Gasteiger partial charge on any atom is 0.248 e. The maximum absolute atomic E-state index is 11.9. The Labute approximate surface area is 157 Å². The van der Waals surface area contributed by atoms with Crippen LogP contribution in [-0.4, -0.2) is 37.4 Å². The molecular formula is C19H21ClN4O2. The first-order valence-corrected chi connectivity index (χ1v) is 9.17. The van der Waals surface area contributed by atoms with Crippen LogP contribution >= 0.6 is 11.6 Å². The lowest BCUT2D eigenvalue weighted by Gasteiger charge is -2.31. The number of carbonyl (C=O) groups excluding carboxylic acids is 1. The Kier molecular flexibility index (Phi) is 4.95. The van der Waals surface area contributed by atoms with Crippen molar-refractivity contribution in [2.75, 3.05) is 31.2 Å². The molecule has 1 saturated heterocycles. The number of morpholine rings is 1. The lowest BCUT2D eigenvalue weighted by atomic mass is 9.86. The SMILES string of the molecule is O=C1NN=C(Cl)C2C=C(NCc3ccccc3N3CCOCC3)C=CC12. The van der Waals surface area contributed by atoms with Gasteiger partial charge in [0.1, 0.15) is 5.17 Å². The zero-order chi connectivity index (χ0) is 17.9. The number of amides is 1. The summed E-state index contributed by atoms with van der Waals surface area (Å²) < 4.78 is 5.45. The second kappa shape index (κ2) is 7.51. The van der Waals surface area contributed by atoms with Crippen molar-refractivity contribution in [1.29, 1.82) is 0 Å². The molecule has 1 amide bonds. The lowest BCUT2D eigenvalue weighted by molar-refractivity contribution is -0.124. The van der Waals surface area contributed by atoms with Gasteiger partial charge in [0.05, 0.1) is 19.1 Å². The van der Waals surface area contributed by atoms with E-state index in [9.17, 15) is 4.79 Å². The minimum Gasteiger partial charge on any atom is -0.381 e. The Morgan fingerprint density at radius 3 is 2.92 bits per heavy atom. The van der Waals surface area contributed by atoms with E-state index in [2.05, 4.69) is 45.0 Å². The zero-order valence-corrected chi connectivity index (χ0v) is 15.1. The minimum atomic E-state index is -0.286. The molecule has 0 saturated carbocycles. The molecule has 26 heavy (non-hydrogen) atoms. The highest BCUT2D eigenvalue weighted by Gasteiger charge is 2.33. The predicted octanol–water partition coefficient (Wildman–Crippen LogP) is 1.98. The molecule has 2 heterocycles. The molecule has 2 aliphatic heterocycles. The van der Waals surface area contributed by atoms with E-state index in [0.29, 0.717) is 11.7 Å². The largest absolute Gasteiger partial charge is 0.381 e. The molecule has 1 aromatic carbocycles. The van der Waals surface area contributed by atoms with Crippen LogP contribution < -0.4 is 15.6 Å². The third kappa shape index (κ3) is 3.48. The van der Waals surface area contributed by atoms with Crippen molar-refractivity contribution in [1.82, 2.24) is 10.7 Å². The van der Waals surface area contributed by atoms with Crippen molar-refractivity contribution < 1.29 is 9.53 Å². The van der Waals surface area contributed by atoms with Gasteiger partial charge in [-0.2, -0.15) is 5.10 Å². The molecule has 1 fully saturated rings. The number of allylic oxidation sites excluding steroid dienone is 2. The first-order chi connectivity index (χ1) is 12.7. The van der Waals surface area contributed by atoms with Gasteiger partial charge < -0.3 is 15.0 Å². The Morgan fingerprint density at radius 2 is 2.08 bits per heavy atom. The molecule has 4 rings (SSSR count). The van der Waals surface area contributed by atoms with Gasteiger partial charge in [-0.05, 0) is 17.7 Å². The summed E-state index contributed by atoms with van der Waals surface area (Å²) in [7, 11) is 0. The van der Waals surface area contributed by atoms with E-state index in [1.54, 1.807) is 0 Å². The van der Waals surface area contributed by atoms with Gasteiger partial charge in [-0.1, -0.05) is 42.0 Å². The molecule has 0 radical (unpaired) electrons. The number of carbonyl (C=O) groups is 1. The van der Waals surface area contributed by atoms with Crippen LogP contribution in [0.2, 0.25) is 0 Å². The molecule has 6 nitrogen and oxygen atoms in total. The zero-order valence-electron chi connectivity index (χ0n) is 14.3. The number of benzene rings is 1. The molecule has 1 aromatic rings. The Hall–Kier alpha value is -2.31. The highest BCUT2D eigenvalue weighted by Crippen LogP contribution is 2.28. The molecule has 7 heteroatoms. The van der Waals surface area contributed by atoms with Crippen molar-refractivity contribution >= 4 is 28.4 Å². The highest BCUT2D eigenvalue weighted by molar-refractivity contribution is 6.66. The van der Waals surface area contributed by atoms with Crippen LogP contribution in [0.4, 0.5) is 5.69 Å². The number of fused-ring (bicyclic) bond motifs is 1. The van der Waals surface area contributed by atoms with E-state index in [0.717, 1.165) is 32.0 Å². The first kappa shape index (κ1) is 17.1. The van der Waals surface area contributed by atoms with Crippen LogP contribution in [0.25, 0.3) is 0 Å². The smallest absolute Gasteiger partial charge is 0.248 e. The second-order valence-corrected chi connectivity index (χ2v) is 6.91. The standard InChI is InChI=1S/C19H21ClN4O2/c20-18-16-11-14(5-6-15(16)19(25)23-22-18)21-12-13-3-1-2-4-17(13)24-7-9-26-10-8-24/h1-6,11,15-16,21H,7-10,12H2,(H,23,25). The second-order valence-electron chi connectivity index (χ2n) is 6.52. The number of ether oxygens (including phenoxy) is 1. The molecule has 0 bridgehead atoms. The van der Waals surface area contributed by atoms with Crippen molar-refractivity contribution in [3.05, 3.63) is 53.8 Å². The minimum absolute atomic E-state index is 0.122. The highest BCUT2D eigenvalue weighted by atomic mass is 35.5. The van der Waals surface area contributed by atoms with Gasteiger partial charge in [0.25, 0.3) is 0 Å². The van der Waals surface area contributed by atoms with Crippen LogP contribution in [0.3, 0.4) is 0 Å². The summed E-state index contributed by atoms with van der Waals surface area (Å²) in [5.41, 5.74) is 5.86. The van der Waals surface area contributed by atoms with Gasteiger partial charge in [0, 0.05) is 36.9 Å². The van der Waals surface area contributed by atoms with Crippen molar-refractivity contribution in [3.63, 3.8) is 0 Å². The summed E-state index contributed by atoms with van der Waals surface area (Å²) in [6, 6.07) is 8.40. The van der Waals surface area contributed by atoms with Crippen molar-refractivity contribution in [2.45, 2.75) is 6.54 Å². The number of nitrogens with zero attached hydrogens (tertiary/aromatic N) is 2. The lowest BCUT2D eigenvalue weighted by Crippen LogP contribution is -2.40. The number of hydrogen-bond donors (Lipinski definition) is 2. The predicted molar refractivity (Wildman–Crippen MR) is 102 cm³/mol. The molecule has 2 atom stereocenters.